The van der Waals surface area contributed by atoms with Gasteiger partial charge in [-0.25, -0.2) is 13.1 Å². The highest BCUT2D eigenvalue weighted by atomic mass is 32.2. The lowest BCUT2D eigenvalue weighted by Gasteiger charge is -2.16. The minimum absolute atomic E-state index is 0.141. The Labute approximate surface area is 207 Å². The molecule has 0 atom stereocenters. The van der Waals surface area contributed by atoms with Crippen LogP contribution in [0.3, 0.4) is 0 Å². The Balaban J connectivity index is 1.59. The molecule has 1 amide bonds. The molecule has 2 heterocycles. The summed E-state index contributed by atoms with van der Waals surface area (Å²) in [4.78, 5) is 13.3. The maximum absolute atomic E-state index is 13.3. The first-order valence-electron chi connectivity index (χ1n) is 11.1. The zero-order valence-corrected chi connectivity index (χ0v) is 20.4. The van der Waals surface area contributed by atoms with Crippen molar-refractivity contribution in [1.29, 1.82) is 0 Å². The van der Waals surface area contributed by atoms with Crippen LogP contribution in [0.1, 0.15) is 40.6 Å². The van der Waals surface area contributed by atoms with Crippen LogP contribution in [-0.2, 0) is 15.8 Å². The number of nitrogens with zero attached hydrogens (tertiary/aromatic N) is 4. The van der Waals surface area contributed by atoms with E-state index >= 15 is 0 Å². The molecule has 11 nitrogen and oxygen atoms in total. The summed E-state index contributed by atoms with van der Waals surface area (Å²) >= 11 is 0. The number of rotatable bonds is 9. The summed E-state index contributed by atoms with van der Waals surface area (Å²) in [5.74, 6) is -0.229. The van der Waals surface area contributed by atoms with E-state index in [9.17, 15) is 13.2 Å². The zero-order valence-electron chi connectivity index (χ0n) is 19.5. The van der Waals surface area contributed by atoms with Gasteiger partial charge in [-0.3, -0.25) is 9.36 Å². The van der Waals surface area contributed by atoms with E-state index in [4.69, 9.17) is 14.0 Å². The average Bonchev–Trinajstić information content (AvgIpc) is 3.43. The van der Waals surface area contributed by atoms with Gasteiger partial charge in [-0.15, -0.1) is 10.2 Å². The monoisotopic (exact) mass is 509 g/mol. The number of ether oxygens (including phenoxy) is 2. The maximum Gasteiger partial charge on any atom is 0.303 e. The van der Waals surface area contributed by atoms with Gasteiger partial charge in [-0.05, 0) is 30.5 Å². The molecule has 12 heteroatoms. The van der Waals surface area contributed by atoms with E-state index in [0.29, 0.717) is 28.7 Å². The Morgan fingerprint density at radius 2 is 1.75 bits per heavy atom. The lowest BCUT2D eigenvalue weighted by Crippen LogP contribution is -2.33. The molecule has 4 aromatic rings. The molecule has 0 radical (unpaired) electrons. The van der Waals surface area contributed by atoms with E-state index in [1.165, 1.54) is 18.8 Å². The highest BCUT2D eigenvalue weighted by molar-refractivity contribution is 7.89. The number of aromatic nitrogens is 4. The average molecular weight is 510 g/mol. The van der Waals surface area contributed by atoms with Crippen LogP contribution >= 0.6 is 0 Å². The highest BCUT2D eigenvalue weighted by Crippen LogP contribution is 2.41. The van der Waals surface area contributed by atoms with Crippen LogP contribution in [0.2, 0.25) is 0 Å². The number of carbonyl (C=O) groups excluding carboxylic acids is 1. The van der Waals surface area contributed by atoms with Gasteiger partial charge in [0.15, 0.2) is 0 Å². The van der Waals surface area contributed by atoms with Gasteiger partial charge in [-0.2, -0.15) is 0 Å². The number of nitrogens with one attached hydrogen (secondary N) is 1. The fourth-order valence-corrected chi connectivity index (χ4v) is 4.91. The van der Waals surface area contributed by atoms with E-state index in [1.54, 1.807) is 54.6 Å². The van der Waals surface area contributed by atoms with Crippen molar-refractivity contribution in [3.05, 3.63) is 71.7 Å². The van der Waals surface area contributed by atoms with E-state index < -0.39 is 15.9 Å². The minimum atomic E-state index is -4.05. The van der Waals surface area contributed by atoms with Gasteiger partial charge in [0.1, 0.15) is 17.2 Å². The minimum Gasteiger partial charge on any atom is -0.494 e. The Bertz CT molecular complexity index is 1490. The second kappa shape index (κ2) is 9.46. The largest absolute Gasteiger partial charge is 0.494 e. The molecule has 0 saturated heterocycles. The number of benzene rings is 2. The molecule has 1 aliphatic rings. The van der Waals surface area contributed by atoms with Crippen LogP contribution in [0.5, 0.6) is 11.5 Å². The van der Waals surface area contributed by atoms with E-state index in [1.807, 2.05) is 0 Å². The van der Waals surface area contributed by atoms with Crippen molar-refractivity contribution in [2.45, 2.75) is 24.5 Å². The lowest BCUT2D eigenvalue weighted by molar-refractivity contribution is 0.0969. The van der Waals surface area contributed by atoms with Crippen LogP contribution < -0.4 is 14.2 Å². The second-order valence-corrected chi connectivity index (χ2v) is 9.98. The number of carbonyl (C=O) groups is 1. The first-order chi connectivity index (χ1) is 17.4. The Morgan fingerprint density at radius 1 is 1.06 bits per heavy atom. The van der Waals surface area contributed by atoms with Crippen molar-refractivity contribution >= 4 is 15.9 Å². The third-order valence-corrected chi connectivity index (χ3v) is 6.89. The van der Waals surface area contributed by atoms with Crippen molar-refractivity contribution < 1.29 is 27.2 Å². The molecule has 2 aromatic carbocycles. The highest BCUT2D eigenvalue weighted by Gasteiger charge is 2.32. The van der Waals surface area contributed by atoms with E-state index in [0.717, 1.165) is 18.5 Å². The molecule has 1 saturated carbocycles. The standard InChI is InChI=1S/C24H23N5O6S/c1-33-18-9-6-10-19(34-2)21(18)29-22(20-13-17(27-35-20)16-11-12-16)25-26-23(29)24(30)28-36(31,32)14-15-7-4-3-5-8-15/h3-10,13,16H,11-12,14H2,1-2H3,(H,28,30). The fourth-order valence-electron chi connectivity index (χ4n) is 3.84. The Kier molecular flexibility index (Phi) is 6.18. The molecule has 1 N–H and O–H groups in total. The van der Waals surface area contributed by atoms with Crippen LogP contribution in [0.4, 0.5) is 0 Å². The first-order valence-corrected chi connectivity index (χ1v) is 12.8. The number of hydrogen-bond donors (Lipinski definition) is 1. The third-order valence-electron chi connectivity index (χ3n) is 5.68. The number of sulfonamides is 1. The number of hydrogen-bond acceptors (Lipinski definition) is 9. The van der Waals surface area contributed by atoms with E-state index in [-0.39, 0.29) is 23.2 Å². The van der Waals surface area contributed by atoms with Gasteiger partial charge < -0.3 is 14.0 Å². The summed E-state index contributed by atoms with van der Waals surface area (Å²) in [6, 6.07) is 15.3. The molecule has 5 rings (SSSR count). The summed E-state index contributed by atoms with van der Waals surface area (Å²) in [5, 5.41) is 12.3. The SMILES string of the molecule is COc1cccc(OC)c1-n1c(C(=O)NS(=O)(=O)Cc2ccccc2)nnc1-c1cc(C2CC2)no1. The predicted octanol–water partition coefficient (Wildman–Crippen LogP) is 3.08. The lowest BCUT2D eigenvalue weighted by atomic mass is 10.2. The normalized spacial score (nSPS) is 13.4. The molecular weight excluding hydrogens is 486 g/mol. The molecule has 0 bridgehead atoms. The third kappa shape index (κ3) is 4.67. The van der Waals surface area contributed by atoms with Gasteiger partial charge in [-0.1, -0.05) is 41.6 Å². The molecule has 0 unspecified atom stereocenters. The summed E-state index contributed by atoms with van der Waals surface area (Å²) in [5.41, 5.74) is 1.61. The van der Waals surface area contributed by atoms with Crippen LogP contribution in [0.25, 0.3) is 17.3 Å². The van der Waals surface area contributed by atoms with Gasteiger partial charge >= 0.3 is 5.91 Å². The molecular formula is C24H23N5O6S. The van der Waals surface area contributed by atoms with Crippen molar-refractivity contribution in [2.75, 3.05) is 14.2 Å². The molecule has 2 aromatic heterocycles. The molecule has 1 aliphatic carbocycles. The van der Waals surface area contributed by atoms with Crippen molar-refractivity contribution in [3.63, 3.8) is 0 Å². The number of methoxy groups -OCH3 is 2. The summed E-state index contributed by atoms with van der Waals surface area (Å²) in [6.07, 6.45) is 2.04. The topological polar surface area (TPSA) is 138 Å². The summed E-state index contributed by atoms with van der Waals surface area (Å²) < 4.78 is 45.5. The van der Waals surface area contributed by atoms with Crippen molar-refractivity contribution in [3.8, 4) is 28.8 Å². The number of amides is 1. The Morgan fingerprint density at radius 3 is 2.39 bits per heavy atom. The quantitative estimate of drug-likeness (QED) is 0.361. The van der Waals surface area contributed by atoms with Crippen molar-refractivity contribution in [2.24, 2.45) is 0 Å². The molecule has 0 aliphatic heterocycles. The molecule has 186 valence electrons. The fraction of sp³-hybridized carbons (Fsp3) is 0.250. The molecule has 1 fully saturated rings. The number of para-hydroxylation sites is 1. The summed E-state index contributed by atoms with van der Waals surface area (Å²) in [7, 11) is -1.12. The van der Waals surface area contributed by atoms with Gasteiger partial charge in [0.2, 0.25) is 27.4 Å². The molecule has 36 heavy (non-hydrogen) atoms. The second-order valence-electron chi connectivity index (χ2n) is 8.26. The van der Waals surface area contributed by atoms with Crippen LogP contribution in [0, 0.1) is 0 Å². The predicted molar refractivity (Wildman–Crippen MR) is 128 cm³/mol. The van der Waals surface area contributed by atoms with Gasteiger partial charge in [0.25, 0.3) is 0 Å². The van der Waals surface area contributed by atoms with E-state index in [2.05, 4.69) is 20.1 Å². The van der Waals surface area contributed by atoms with Crippen LogP contribution in [-0.4, -0.2) is 48.5 Å². The Hall–Kier alpha value is -4.19. The smallest absolute Gasteiger partial charge is 0.303 e. The maximum atomic E-state index is 13.3. The van der Waals surface area contributed by atoms with Gasteiger partial charge in [0.05, 0.1) is 25.7 Å². The van der Waals surface area contributed by atoms with Crippen molar-refractivity contribution in [1.82, 2.24) is 24.6 Å². The first kappa shape index (κ1) is 23.5. The van der Waals surface area contributed by atoms with Crippen LogP contribution in [0.15, 0.2) is 59.1 Å². The summed E-state index contributed by atoms with van der Waals surface area (Å²) in [6.45, 7) is 0. The molecule has 0 spiro atoms. The zero-order chi connectivity index (χ0) is 25.3. The van der Waals surface area contributed by atoms with Gasteiger partial charge in [0, 0.05) is 12.0 Å².